The van der Waals surface area contributed by atoms with Gasteiger partial charge < -0.3 is 5.11 Å². The summed E-state index contributed by atoms with van der Waals surface area (Å²) < 4.78 is 21.0. The molecule has 1 aromatic rings. The lowest BCUT2D eigenvalue weighted by molar-refractivity contribution is 0.475. The van der Waals surface area contributed by atoms with Gasteiger partial charge in [-0.05, 0) is 18.2 Å². The molecule has 0 spiro atoms. The van der Waals surface area contributed by atoms with Crippen LogP contribution in [0.1, 0.15) is 0 Å². The van der Waals surface area contributed by atoms with Crippen molar-refractivity contribution in [2.75, 3.05) is 0 Å². The van der Waals surface area contributed by atoms with Gasteiger partial charge in [-0.2, -0.15) is 0 Å². The highest BCUT2D eigenvalue weighted by molar-refractivity contribution is 14.2. The van der Waals surface area contributed by atoms with Crippen LogP contribution in [-0.4, -0.2) is 5.11 Å². The Hall–Kier alpha value is -0.650. The molecular weight excluding hydrogens is 247 g/mol. The molecule has 3 nitrogen and oxygen atoms in total. The van der Waals surface area contributed by atoms with E-state index in [4.69, 9.17) is 5.11 Å². The van der Waals surface area contributed by atoms with E-state index in [-0.39, 0.29) is 9.32 Å². The largest absolute Gasteiger partial charge is 0.508 e. The van der Waals surface area contributed by atoms with Crippen LogP contribution in [0.5, 0.6) is 5.75 Å². The number of phenols is 1. The first-order chi connectivity index (χ1) is 4.70. The highest BCUT2D eigenvalue weighted by Crippen LogP contribution is 2.20. The van der Waals surface area contributed by atoms with E-state index in [2.05, 4.69) is 0 Å². The SMILES string of the molecule is O=I(=O)c1cccc(O)c1. The Bertz CT molecular complexity index is 296. The number of aromatic hydroxyl groups is 1. The van der Waals surface area contributed by atoms with Gasteiger partial charge in [0.15, 0.2) is 0 Å². The van der Waals surface area contributed by atoms with Gasteiger partial charge in [0.25, 0.3) is 0 Å². The molecule has 1 aromatic carbocycles. The Morgan fingerprint density at radius 3 is 2.40 bits per heavy atom. The van der Waals surface area contributed by atoms with Crippen molar-refractivity contribution in [1.82, 2.24) is 0 Å². The van der Waals surface area contributed by atoms with Gasteiger partial charge >= 0.3 is 19.8 Å². The minimum atomic E-state index is -3.37. The molecule has 0 heterocycles. The van der Waals surface area contributed by atoms with E-state index >= 15 is 0 Å². The summed E-state index contributed by atoms with van der Waals surface area (Å²) in [6.07, 6.45) is 0. The summed E-state index contributed by atoms with van der Waals surface area (Å²) in [5.74, 6) is -0.00787. The van der Waals surface area contributed by atoms with Gasteiger partial charge in [-0.15, -0.1) is 0 Å². The summed E-state index contributed by atoms with van der Waals surface area (Å²) in [7, 11) is 0. The number of hydrogen-bond acceptors (Lipinski definition) is 3. The van der Waals surface area contributed by atoms with Gasteiger partial charge in [-0.3, -0.25) is 0 Å². The predicted octanol–water partition coefficient (Wildman–Crippen LogP) is 1.76. The fourth-order valence-corrected chi connectivity index (χ4v) is 1.65. The molecule has 0 bridgehead atoms. The maximum absolute atomic E-state index is 10.4. The first-order valence-electron chi connectivity index (χ1n) is 2.54. The molecule has 1 N–H and O–H groups in total. The predicted molar refractivity (Wildman–Crippen MR) is 42.2 cm³/mol. The number of phenolic OH excluding ortho intramolecular Hbond substituents is 1. The standard InChI is InChI=1S/C6H5IO3/c8-6-3-1-2-5(4-6)7(9)10/h1-4,8H. The molecule has 0 saturated carbocycles. The monoisotopic (exact) mass is 252 g/mol. The lowest BCUT2D eigenvalue weighted by atomic mass is 10.3. The zero-order chi connectivity index (χ0) is 7.56. The van der Waals surface area contributed by atoms with Crippen LogP contribution in [0.3, 0.4) is 0 Å². The van der Waals surface area contributed by atoms with Crippen LogP contribution < -0.4 is 0 Å². The van der Waals surface area contributed by atoms with Crippen molar-refractivity contribution in [2.24, 2.45) is 0 Å². The quantitative estimate of drug-likeness (QED) is 0.774. The van der Waals surface area contributed by atoms with Crippen molar-refractivity contribution in [3.05, 3.63) is 27.8 Å². The van der Waals surface area contributed by atoms with Crippen LogP contribution in [0.25, 0.3) is 0 Å². The molecule has 1 rings (SSSR count). The van der Waals surface area contributed by atoms with Gasteiger partial charge in [0.05, 0.1) is 3.57 Å². The van der Waals surface area contributed by atoms with Crippen molar-refractivity contribution in [3.63, 3.8) is 0 Å². The first-order valence-corrected chi connectivity index (χ1v) is 5.38. The van der Waals surface area contributed by atoms with Crippen LogP contribution in [0.15, 0.2) is 24.3 Å². The summed E-state index contributed by atoms with van der Waals surface area (Å²) in [4.78, 5) is 0. The molecule has 4 heteroatoms. The average Bonchev–Trinajstić information content (AvgIpc) is 1.88. The minimum Gasteiger partial charge on any atom is -0.508 e. The Kier molecular flexibility index (Phi) is 2.21. The summed E-state index contributed by atoms with van der Waals surface area (Å²) >= 11 is -3.37. The highest BCUT2D eigenvalue weighted by Gasteiger charge is 1.96. The number of hydrogen-bond donors (Lipinski definition) is 1. The van der Waals surface area contributed by atoms with E-state index in [1.54, 1.807) is 0 Å². The van der Waals surface area contributed by atoms with Gasteiger partial charge in [0, 0.05) is 0 Å². The number of benzene rings is 1. The van der Waals surface area contributed by atoms with Crippen LogP contribution in [0.2, 0.25) is 0 Å². The molecule has 0 atom stereocenters. The molecule has 0 saturated heterocycles. The van der Waals surface area contributed by atoms with Crippen LogP contribution in [-0.2, 0) is 6.14 Å². The van der Waals surface area contributed by atoms with E-state index in [1.165, 1.54) is 24.3 Å². The van der Waals surface area contributed by atoms with Gasteiger partial charge in [0.2, 0.25) is 0 Å². The average molecular weight is 252 g/mol. The smallest absolute Gasteiger partial charge is 0.340 e. The molecular formula is C6H5IO3. The highest BCUT2D eigenvalue weighted by atomic mass is 127. The second kappa shape index (κ2) is 2.96. The summed E-state index contributed by atoms with van der Waals surface area (Å²) in [6.45, 7) is 0. The fraction of sp³-hybridized carbons (Fsp3) is 0. The third kappa shape index (κ3) is 1.66. The van der Waals surface area contributed by atoms with Gasteiger partial charge in [0.1, 0.15) is 5.75 Å². The second-order valence-electron chi connectivity index (χ2n) is 1.70. The van der Waals surface area contributed by atoms with Crippen LogP contribution in [0, 0.1) is 3.57 Å². The summed E-state index contributed by atoms with van der Waals surface area (Å²) in [5, 5.41) is 8.81. The molecule has 10 heavy (non-hydrogen) atoms. The molecule has 0 aromatic heterocycles. The van der Waals surface area contributed by atoms with E-state index < -0.39 is 19.8 Å². The molecule has 0 amide bonds. The fourth-order valence-electron chi connectivity index (χ4n) is 0.572. The van der Waals surface area contributed by atoms with Crippen molar-refractivity contribution in [3.8, 4) is 5.75 Å². The zero-order valence-electron chi connectivity index (χ0n) is 4.95. The van der Waals surface area contributed by atoms with Crippen molar-refractivity contribution in [2.45, 2.75) is 0 Å². The van der Waals surface area contributed by atoms with Crippen LogP contribution >= 0.6 is 19.8 Å². The molecule has 0 aliphatic heterocycles. The maximum Gasteiger partial charge on any atom is 0.340 e. The molecule has 0 aliphatic carbocycles. The van der Waals surface area contributed by atoms with Crippen LogP contribution in [0.4, 0.5) is 0 Å². The lowest BCUT2D eigenvalue weighted by Crippen LogP contribution is -1.69. The van der Waals surface area contributed by atoms with Gasteiger partial charge in [-0.25, -0.2) is 6.14 Å². The molecule has 0 radical (unpaired) electrons. The van der Waals surface area contributed by atoms with E-state index in [0.717, 1.165) is 0 Å². The topological polar surface area (TPSA) is 54.4 Å². The Morgan fingerprint density at radius 1 is 1.30 bits per heavy atom. The Labute approximate surface area is 64.8 Å². The third-order valence-corrected chi connectivity index (χ3v) is 2.67. The van der Waals surface area contributed by atoms with Crippen molar-refractivity contribution >= 4 is 19.8 Å². The van der Waals surface area contributed by atoms with Crippen molar-refractivity contribution in [1.29, 1.82) is 0 Å². The van der Waals surface area contributed by atoms with E-state index in [9.17, 15) is 6.14 Å². The first kappa shape index (κ1) is 7.46. The Morgan fingerprint density at radius 2 is 2.00 bits per heavy atom. The Balaban J connectivity index is 3.19. The molecule has 0 aliphatic rings. The molecule has 0 fully saturated rings. The minimum absolute atomic E-state index is 0.00787. The lowest BCUT2D eigenvalue weighted by Gasteiger charge is -1.88. The summed E-state index contributed by atoms with van der Waals surface area (Å²) in [6, 6.07) is 5.64. The maximum atomic E-state index is 10.4. The third-order valence-electron chi connectivity index (χ3n) is 0.986. The van der Waals surface area contributed by atoms with E-state index in [0.29, 0.717) is 0 Å². The molecule has 54 valence electrons. The number of halogens is 1. The zero-order valence-corrected chi connectivity index (χ0v) is 7.11. The number of rotatable bonds is 1. The second-order valence-corrected chi connectivity index (χ2v) is 4.18. The van der Waals surface area contributed by atoms with E-state index in [1.807, 2.05) is 0 Å². The summed E-state index contributed by atoms with van der Waals surface area (Å²) in [5.41, 5.74) is 0. The molecule has 0 unspecified atom stereocenters. The normalized spacial score (nSPS) is 10.1. The van der Waals surface area contributed by atoms with Crippen molar-refractivity contribution < 1.29 is 11.2 Å². The van der Waals surface area contributed by atoms with Gasteiger partial charge in [-0.1, -0.05) is 6.07 Å².